The van der Waals surface area contributed by atoms with Crippen molar-refractivity contribution in [1.29, 1.82) is 0 Å². The molecule has 0 aromatic carbocycles. The lowest BCUT2D eigenvalue weighted by atomic mass is 9.89. The van der Waals surface area contributed by atoms with Gasteiger partial charge in [0, 0.05) is 0 Å². The summed E-state index contributed by atoms with van der Waals surface area (Å²) in [7, 11) is 0. The molecule has 94 valence electrons. The Morgan fingerprint density at radius 2 is 2.35 bits per heavy atom. The molecule has 17 heavy (non-hydrogen) atoms. The molecule has 1 fully saturated rings. The van der Waals surface area contributed by atoms with Crippen LogP contribution in [0, 0.1) is 5.92 Å². The van der Waals surface area contributed by atoms with Crippen molar-refractivity contribution in [2.24, 2.45) is 5.92 Å². The van der Waals surface area contributed by atoms with E-state index in [1.165, 1.54) is 18.9 Å². The highest BCUT2D eigenvalue weighted by Gasteiger charge is 2.19. The van der Waals surface area contributed by atoms with E-state index in [0.717, 1.165) is 18.8 Å². The second-order valence-corrected chi connectivity index (χ2v) is 4.78. The first-order valence-electron chi connectivity index (χ1n) is 6.08. The highest BCUT2D eigenvalue weighted by molar-refractivity contribution is 5.84. The number of ether oxygens (including phenoxy) is 1. The quantitative estimate of drug-likeness (QED) is 0.875. The highest BCUT2D eigenvalue weighted by Crippen LogP contribution is 2.26. The van der Waals surface area contributed by atoms with Gasteiger partial charge in [-0.05, 0) is 30.9 Å². The molecule has 1 N–H and O–H groups in total. The van der Waals surface area contributed by atoms with Crippen LogP contribution >= 0.6 is 0 Å². The van der Waals surface area contributed by atoms with Crippen molar-refractivity contribution in [2.45, 2.75) is 45.3 Å². The third-order valence-electron chi connectivity index (χ3n) is 3.22. The first-order chi connectivity index (χ1) is 8.15. The van der Waals surface area contributed by atoms with Crippen molar-refractivity contribution in [3.8, 4) is 0 Å². The fraction of sp³-hybridized carbons (Fsp3) is 0.615. The van der Waals surface area contributed by atoms with Gasteiger partial charge in [0.2, 0.25) is 5.76 Å². The smallest absolute Gasteiger partial charge is 0.371 e. The zero-order valence-electron chi connectivity index (χ0n) is 10.0. The van der Waals surface area contributed by atoms with Crippen molar-refractivity contribution in [3.63, 3.8) is 0 Å². The number of carboxylic acid groups (broad SMARTS) is 1. The van der Waals surface area contributed by atoms with Crippen molar-refractivity contribution in [3.05, 3.63) is 23.7 Å². The van der Waals surface area contributed by atoms with Crippen LogP contribution in [0.5, 0.6) is 0 Å². The lowest BCUT2D eigenvalue weighted by Gasteiger charge is -2.26. The molecule has 2 atom stereocenters. The van der Waals surface area contributed by atoms with Crippen LogP contribution in [0.2, 0.25) is 0 Å². The van der Waals surface area contributed by atoms with Gasteiger partial charge in [0.05, 0.1) is 6.10 Å². The summed E-state index contributed by atoms with van der Waals surface area (Å²) in [6.07, 6.45) is 4.97. The first-order valence-corrected chi connectivity index (χ1v) is 6.08. The van der Waals surface area contributed by atoms with Crippen LogP contribution in [0.25, 0.3) is 0 Å². The molecule has 4 heteroatoms. The van der Waals surface area contributed by atoms with Crippen molar-refractivity contribution in [2.75, 3.05) is 0 Å². The predicted molar refractivity (Wildman–Crippen MR) is 61.9 cm³/mol. The molecule has 2 unspecified atom stereocenters. The van der Waals surface area contributed by atoms with Gasteiger partial charge in [0.1, 0.15) is 12.4 Å². The van der Waals surface area contributed by atoms with Crippen LogP contribution in [0.1, 0.15) is 48.9 Å². The van der Waals surface area contributed by atoms with E-state index >= 15 is 0 Å². The van der Waals surface area contributed by atoms with Crippen LogP contribution in [0.15, 0.2) is 16.5 Å². The minimum absolute atomic E-state index is 0.0272. The molecule has 1 saturated carbocycles. The molecule has 0 aliphatic heterocycles. The summed E-state index contributed by atoms with van der Waals surface area (Å²) in [5.74, 6) is 0.240. The largest absolute Gasteiger partial charge is 0.475 e. The molecular weight excluding hydrogens is 220 g/mol. The fourth-order valence-electron chi connectivity index (χ4n) is 2.30. The fourth-order valence-corrected chi connectivity index (χ4v) is 2.30. The van der Waals surface area contributed by atoms with Gasteiger partial charge in [-0.2, -0.15) is 0 Å². The maximum Gasteiger partial charge on any atom is 0.371 e. The highest BCUT2D eigenvalue weighted by atomic mass is 16.5. The van der Waals surface area contributed by atoms with Crippen LogP contribution in [-0.4, -0.2) is 17.2 Å². The summed E-state index contributed by atoms with van der Waals surface area (Å²) in [6, 6.07) is 3.13. The Kier molecular flexibility index (Phi) is 3.84. The van der Waals surface area contributed by atoms with E-state index in [0.29, 0.717) is 12.4 Å². The Balaban J connectivity index is 1.82. The molecule has 0 bridgehead atoms. The molecule has 4 nitrogen and oxygen atoms in total. The van der Waals surface area contributed by atoms with Crippen molar-refractivity contribution in [1.82, 2.24) is 0 Å². The molecule has 0 amide bonds. The van der Waals surface area contributed by atoms with E-state index in [2.05, 4.69) is 6.92 Å². The van der Waals surface area contributed by atoms with Gasteiger partial charge in [0.15, 0.2) is 0 Å². The van der Waals surface area contributed by atoms with Crippen LogP contribution in [-0.2, 0) is 11.3 Å². The Morgan fingerprint density at radius 1 is 1.53 bits per heavy atom. The Morgan fingerprint density at radius 3 is 3.00 bits per heavy atom. The average Bonchev–Trinajstić information content (AvgIpc) is 2.75. The number of rotatable bonds is 4. The second-order valence-electron chi connectivity index (χ2n) is 4.78. The van der Waals surface area contributed by atoms with Gasteiger partial charge in [0.25, 0.3) is 0 Å². The number of carboxylic acids is 1. The normalized spacial score (nSPS) is 24.8. The molecule has 1 aromatic rings. The summed E-state index contributed by atoms with van der Waals surface area (Å²) < 4.78 is 10.9. The minimum atomic E-state index is -1.04. The van der Waals surface area contributed by atoms with E-state index in [-0.39, 0.29) is 11.9 Å². The monoisotopic (exact) mass is 238 g/mol. The third-order valence-corrected chi connectivity index (χ3v) is 3.22. The van der Waals surface area contributed by atoms with Crippen LogP contribution < -0.4 is 0 Å². The van der Waals surface area contributed by atoms with Crippen molar-refractivity contribution >= 4 is 5.97 Å². The van der Waals surface area contributed by atoms with Gasteiger partial charge >= 0.3 is 5.97 Å². The van der Waals surface area contributed by atoms with Gasteiger partial charge < -0.3 is 14.3 Å². The zero-order valence-corrected chi connectivity index (χ0v) is 10.0. The van der Waals surface area contributed by atoms with Crippen LogP contribution in [0.4, 0.5) is 0 Å². The molecule has 1 heterocycles. The second kappa shape index (κ2) is 5.36. The maximum atomic E-state index is 10.6. The lowest BCUT2D eigenvalue weighted by molar-refractivity contribution is -0.00308. The Hall–Kier alpha value is -1.29. The number of carbonyl (C=O) groups is 1. The summed E-state index contributed by atoms with van der Waals surface area (Å²) >= 11 is 0. The summed E-state index contributed by atoms with van der Waals surface area (Å²) in [6.45, 7) is 2.61. The number of hydrogen-bond acceptors (Lipinski definition) is 3. The van der Waals surface area contributed by atoms with E-state index in [9.17, 15) is 4.79 Å². The Bertz CT molecular complexity index is 383. The standard InChI is InChI=1S/C13H18O4/c1-9-3-2-4-10(7-9)16-8-11-5-6-12(17-11)13(14)15/h5-6,9-10H,2-4,7-8H2,1H3,(H,14,15). The first kappa shape index (κ1) is 12.2. The van der Waals surface area contributed by atoms with Gasteiger partial charge in [-0.1, -0.05) is 19.8 Å². The topological polar surface area (TPSA) is 59.7 Å². The number of aromatic carboxylic acids is 1. The molecule has 0 spiro atoms. The summed E-state index contributed by atoms with van der Waals surface area (Å²) in [5, 5.41) is 8.72. The SMILES string of the molecule is CC1CCCC(OCc2ccc(C(=O)O)o2)C1. The molecular formula is C13H18O4. The molecule has 2 rings (SSSR count). The molecule has 0 radical (unpaired) electrons. The van der Waals surface area contributed by atoms with Gasteiger partial charge in [-0.3, -0.25) is 0 Å². The average molecular weight is 238 g/mol. The van der Waals surface area contributed by atoms with Gasteiger partial charge in [-0.25, -0.2) is 4.79 Å². The predicted octanol–water partition coefficient (Wildman–Crippen LogP) is 3.07. The number of hydrogen-bond donors (Lipinski definition) is 1. The molecule has 1 aliphatic carbocycles. The maximum absolute atomic E-state index is 10.6. The summed E-state index contributed by atoms with van der Waals surface area (Å²) in [4.78, 5) is 10.6. The summed E-state index contributed by atoms with van der Waals surface area (Å²) in [5.41, 5.74) is 0. The van der Waals surface area contributed by atoms with E-state index in [1.54, 1.807) is 6.07 Å². The van der Waals surface area contributed by atoms with E-state index in [1.807, 2.05) is 0 Å². The van der Waals surface area contributed by atoms with Crippen molar-refractivity contribution < 1.29 is 19.1 Å². The van der Waals surface area contributed by atoms with E-state index in [4.69, 9.17) is 14.3 Å². The van der Waals surface area contributed by atoms with Crippen LogP contribution in [0.3, 0.4) is 0 Å². The third kappa shape index (κ3) is 3.33. The lowest BCUT2D eigenvalue weighted by Crippen LogP contribution is -2.21. The Labute approximate surface area is 101 Å². The molecule has 0 saturated heterocycles. The number of furan rings is 1. The van der Waals surface area contributed by atoms with E-state index < -0.39 is 5.97 Å². The zero-order chi connectivity index (χ0) is 12.3. The minimum Gasteiger partial charge on any atom is -0.475 e. The van der Waals surface area contributed by atoms with Gasteiger partial charge in [-0.15, -0.1) is 0 Å². The molecule has 1 aliphatic rings. The molecule has 1 aromatic heterocycles.